The number of hydrogen-bond donors (Lipinski definition) is 1. The third kappa shape index (κ3) is 4.00. The van der Waals surface area contributed by atoms with Gasteiger partial charge in [0.25, 0.3) is 5.91 Å². The lowest BCUT2D eigenvalue weighted by Gasteiger charge is -2.14. The number of rotatable bonds is 4. The van der Waals surface area contributed by atoms with E-state index in [1.165, 1.54) is 19.1 Å². The van der Waals surface area contributed by atoms with Gasteiger partial charge >= 0.3 is 5.97 Å². The molecule has 7 heteroatoms. The lowest BCUT2D eigenvalue weighted by Crippen LogP contribution is -2.35. The second kappa shape index (κ2) is 6.98. The summed E-state index contributed by atoms with van der Waals surface area (Å²) in [6, 6.07) is 2.90. The molecule has 0 fully saturated rings. The van der Waals surface area contributed by atoms with Gasteiger partial charge in [-0.05, 0) is 26.0 Å². The molecule has 0 aliphatic heterocycles. The van der Waals surface area contributed by atoms with E-state index in [0.29, 0.717) is 6.54 Å². The van der Waals surface area contributed by atoms with E-state index in [2.05, 4.69) is 5.32 Å². The van der Waals surface area contributed by atoms with Crippen molar-refractivity contribution in [1.29, 1.82) is 0 Å². The molecule has 19 heavy (non-hydrogen) atoms. The molecule has 4 nitrogen and oxygen atoms in total. The highest BCUT2D eigenvalue weighted by molar-refractivity contribution is 6.46. The minimum atomic E-state index is -0.946. The number of hydrogen-bond acceptors (Lipinski definition) is 3. The molecule has 1 aromatic carbocycles. The summed E-state index contributed by atoms with van der Waals surface area (Å²) >= 11 is 17.6. The molecule has 0 radical (unpaired) electrons. The summed E-state index contributed by atoms with van der Waals surface area (Å²) in [5.74, 6) is -1.19. The number of benzene rings is 1. The highest BCUT2D eigenvalue weighted by Gasteiger charge is 2.23. The first-order chi connectivity index (χ1) is 8.88. The van der Waals surface area contributed by atoms with Crippen LogP contribution in [0.4, 0.5) is 0 Å². The van der Waals surface area contributed by atoms with E-state index in [1.807, 2.05) is 0 Å². The fourth-order valence-corrected chi connectivity index (χ4v) is 1.99. The fraction of sp³-hybridized carbons (Fsp3) is 0.333. The van der Waals surface area contributed by atoms with Crippen LogP contribution < -0.4 is 5.32 Å². The Bertz CT molecular complexity index is 505. The Labute approximate surface area is 126 Å². The van der Waals surface area contributed by atoms with Crippen molar-refractivity contribution in [2.45, 2.75) is 20.0 Å². The fourth-order valence-electron chi connectivity index (χ4n) is 1.31. The number of amides is 1. The van der Waals surface area contributed by atoms with Crippen LogP contribution in [0.15, 0.2) is 12.1 Å². The lowest BCUT2D eigenvalue weighted by atomic mass is 10.2. The predicted molar refractivity (Wildman–Crippen MR) is 75.0 cm³/mol. The van der Waals surface area contributed by atoms with Crippen LogP contribution >= 0.6 is 34.8 Å². The number of carbonyl (C=O) groups excluding carboxylic acids is 2. The Balaban J connectivity index is 2.90. The van der Waals surface area contributed by atoms with Crippen LogP contribution in [0, 0.1) is 0 Å². The summed E-state index contributed by atoms with van der Waals surface area (Å²) in [6.07, 6.45) is -0.946. The number of nitrogens with one attached hydrogen (secondary N) is 1. The van der Waals surface area contributed by atoms with E-state index in [0.717, 1.165) is 0 Å². The van der Waals surface area contributed by atoms with Crippen molar-refractivity contribution in [1.82, 2.24) is 5.32 Å². The van der Waals surface area contributed by atoms with Crippen molar-refractivity contribution in [2.75, 3.05) is 6.54 Å². The summed E-state index contributed by atoms with van der Waals surface area (Å²) in [4.78, 5) is 23.4. The second-order valence-electron chi connectivity index (χ2n) is 3.66. The summed E-state index contributed by atoms with van der Waals surface area (Å²) in [5, 5.41) is 2.83. The number of esters is 1. The van der Waals surface area contributed by atoms with Crippen molar-refractivity contribution in [3.8, 4) is 0 Å². The average Bonchev–Trinajstić information content (AvgIpc) is 2.34. The first-order valence-electron chi connectivity index (χ1n) is 5.50. The van der Waals surface area contributed by atoms with Crippen molar-refractivity contribution in [2.24, 2.45) is 0 Å². The zero-order valence-electron chi connectivity index (χ0n) is 10.3. The minimum absolute atomic E-state index is 0.00210. The third-order valence-electron chi connectivity index (χ3n) is 2.25. The topological polar surface area (TPSA) is 55.4 Å². The molecule has 0 aliphatic rings. The van der Waals surface area contributed by atoms with Crippen LogP contribution in [0.2, 0.25) is 15.1 Å². The normalized spacial score (nSPS) is 11.8. The van der Waals surface area contributed by atoms with Crippen molar-refractivity contribution >= 4 is 46.7 Å². The Hall–Kier alpha value is -0.970. The van der Waals surface area contributed by atoms with Gasteiger partial charge in [-0.1, -0.05) is 34.8 Å². The van der Waals surface area contributed by atoms with Gasteiger partial charge in [0.2, 0.25) is 0 Å². The first kappa shape index (κ1) is 16.1. The molecule has 0 bridgehead atoms. The molecular weight excluding hydrogens is 312 g/mol. The molecule has 1 amide bonds. The van der Waals surface area contributed by atoms with E-state index in [-0.39, 0.29) is 20.6 Å². The van der Waals surface area contributed by atoms with E-state index < -0.39 is 18.0 Å². The zero-order valence-corrected chi connectivity index (χ0v) is 12.6. The second-order valence-corrected chi connectivity index (χ2v) is 4.85. The van der Waals surface area contributed by atoms with Gasteiger partial charge in [-0.2, -0.15) is 0 Å². The minimum Gasteiger partial charge on any atom is -0.449 e. The van der Waals surface area contributed by atoms with Gasteiger partial charge < -0.3 is 10.1 Å². The summed E-state index contributed by atoms with van der Waals surface area (Å²) < 4.78 is 4.99. The molecule has 0 spiro atoms. The van der Waals surface area contributed by atoms with Crippen LogP contribution in [0.3, 0.4) is 0 Å². The first-order valence-corrected chi connectivity index (χ1v) is 6.64. The van der Waals surface area contributed by atoms with Gasteiger partial charge in [0.1, 0.15) is 0 Å². The SMILES string of the molecule is CCNC(=O)[C@@H](C)OC(=O)c1c(Cl)ccc(Cl)c1Cl. The molecule has 0 aliphatic carbocycles. The maximum atomic E-state index is 11.9. The molecule has 1 rings (SSSR count). The van der Waals surface area contributed by atoms with E-state index >= 15 is 0 Å². The predicted octanol–water partition coefficient (Wildman–Crippen LogP) is 3.33. The Morgan fingerprint density at radius 1 is 1.26 bits per heavy atom. The van der Waals surface area contributed by atoms with Crippen LogP contribution in [-0.4, -0.2) is 24.5 Å². The van der Waals surface area contributed by atoms with Crippen LogP contribution in [-0.2, 0) is 9.53 Å². The van der Waals surface area contributed by atoms with Gasteiger partial charge in [-0.3, -0.25) is 4.79 Å². The average molecular weight is 325 g/mol. The number of halogens is 3. The highest BCUT2D eigenvalue weighted by Crippen LogP contribution is 2.32. The Kier molecular flexibility index (Phi) is 5.91. The van der Waals surface area contributed by atoms with Crippen molar-refractivity contribution in [3.63, 3.8) is 0 Å². The summed E-state index contributed by atoms with van der Waals surface area (Å²) in [5.41, 5.74) is -0.0491. The van der Waals surface area contributed by atoms with Crippen LogP contribution in [0.25, 0.3) is 0 Å². The van der Waals surface area contributed by atoms with Gasteiger partial charge in [-0.25, -0.2) is 4.79 Å². The molecular formula is C12H12Cl3NO3. The van der Waals surface area contributed by atoms with Gasteiger partial charge in [0.15, 0.2) is 6.10 Å². The van der Waals surface area contributed by atoms with Gasteiger partial charge in [0.05, 0.1) is 20.6 Å². The molecule has 0 heterocycles. The third-order valence-corrected chi connectivity index (χ3v) is 3.37. The molecule has 1 atom stereocenters. The molecule has 1 N–H and O–H groups in total. The summed E-state index contributed by atoms with van der Waals surface area (Å²) in [6.45, 7) is 3.66. The standard InChI is InChI=1S/C12H12Cl3NO3/c1-3-16-11(17)6(2)19-12(18)9-7(13)4-5-8(14)10(9)15/h4-6H,3H2,1-2H3,(H,16,17)/t6-/m1/s1. The van der Waals surface area contributed by atoms with Gasteiger partial charge in [-0.15, -0.1) is 0 Å². The van der Waals surface area contributed by atoms with Crippen LogP contribution in [0.5, 0.6) is 0 Å². The van der Waals surface area contributed by atoms with E-state index in [9.17, 15) is 9.59 Å². The van der Waals surface area contributed by atoms with Crippen molar-refractivity contribution < 1.29 is 14.3 Å². The van der Waals surface area contributed by atoms with Crippen molar-refractivity contribution in [3.05, 3.63) is 32.8 Å². The Morgan fingerprint density at radius 3 is 2.42 bits per heavy atom. The van der Waals surface area contributed by atoms with E-state index in [1.54, 1.807) is 6.92 Å². The zero-order chi connectivity index (χ0) is 14.6. The number of carbonyl (C=O) groups is 2. The molecule has 0 unspecified atom stereocenters. The molecule has 0 aromatic heterocycles. The lowest BCUT2D eigenvalue weighted by molar-refractivity contribution is -0.128. The molecule has 104 valence electrons. The summed E-state index contributed by atoms with van der Waals surface area (Å²) in [7, 11) is 0. The van der Waals surface area contributed by atoms with Gasteiger partial charge in [0, 0.05) is 6.54 Å². The quantitative estimate of drug-likeness (QED) is 0.683. The maximum Gasteiger partial charge on any atom is 0.342 e. The monoisotopic (exact) mass is 323 g/mol. The van der Waals surface area contributed by atoms with E-state index in [4.69, 9.17) is 39.5 Å². The largest absolute Gasteiger partial charge is 0.449 e. The molecule has 1 aromatic rings. The molecule has 0 saturated heterocycles. The smallest absolute Gasteiger partial charge is 0.342 e. The molecule has 0 saturated carbocycles. The maximum absolute atomic E-state index is 11.9. The van der Waals surface area contributed by atoms with Crippen LogP contribution in [0.1, 0.15) is 24.2 Å². The number of likely N-dealkylation sites (N-methyl/N-ethyl adjacent to an activating group) is 1. The Morgan fingerprint density at radius 2 is 1.84 bits per heavy atom. The number of ether oxygens (including phenoxy) is 1. The highest BCUT2D eigenvalue weighted by atomic mass is 35.5.